The molecule has 19 atom stereocenters. The molecule has 0 aromatic carbocycles. The number of carboxylic acids is 2. The number of amides is 1. The van der Waals surface area contributed by atoms with Gasteiger partial charge < -0.3 is 94.3 Å². The minimum Gasteiger partial charge on any atom is -0.479 e. The highest BCUT2D eigenvalue weighted by molar-refractivity contribution is 7.83. The van der Waals surface area contributed by atoms with Gasteiger partial charge in [-0.05, 0) is 19.3 Å². The fourth-order valence-electron chi connectivity index (χ4n) is 7.45. The normalized spacial score (nSPS) is 39.0. The second kappa shape index (κ2) is 24.9. The maximum atomic E-state index is 12.5. The highest BCUT2D eigenvalue weighted by Crippen LogP contribution is 2.35. The molecule has 4 aliphatic heterocycles. The highest BCUT2D eigenvalue weighted by Gasteiger charge is 2.56. The molecular weight excluding hydrogens is 948 g/mol. The Morgan fingerprint density at radius 1 is 0.667 bits per heavy atom. The Bertz CT molecular complexity index is 1800. The fourth-order valence-corrected chi connectivity index (χ4v) is 8.35. The Morgan fingerprint density at radius 2 is 1.24 bits per heavy atom. The molecule has 0 aromatic heterocycles. The van der Waals surface area contributed by atoms with Crippen LogP contribution in [0.4, 0.5) is 0 Å². The lowest BCUT2D eigenvalue weighted by Gasteiger charge is -2.48. The molecular formula is C34H58N2O28S2. The topological polar surface area (TPSA) is 469 Å². The van der Waals surface area contributed by atoms with E-state index in [1.807, 2.05) is 0 Å². The Labute approximate surface area is 376 Å². The summed E-state index contributed by atoms with van der Waals surface area (Å²) >= 11 is 0. The zero-order chi connectivity index (χ0) is 49.3. The number of unbranched alkanes of at least 4 members (excludes halogenated alkanes) is 3. The number of hydrogen-bond acceptors (Lipinski definition) is 24. The predicted octanol–water partition coefficient (Wildman–Crippen LogP) is -6.81. The Balaban J connectivity index is 1.44. The Kier molecular flexibility index (Phi) is 21.1. The van der Waals surface area contributed by atoms with Gasteiger partial charge in [-0.1, -0.05) is 19.8 Å². The number of hydrogen-bond donors (Lipinski definition) is 14. The van der Waals surface area contributed by atoms with Gasteiger partial charge in [-0.15, -0.1) is 0 Å². The van der Waals surface area contributed by atoms with Crippen LogP contribution in [0.25, 0.3) is 0 Å². The van der Waals surface area contributed by atoms with E-state index in [2.05, 4.69) is 9.50 Å². The van der Waals surface area contributed by atoms with Gasteiger partial charge in [0, 0.05) is 26.0 Å². The van der Waals surface area contributed by atoms with E-state index < -0.39 is 162 Å². The van der Waals surface area contributed by atoms with Crippen molar-refractivity contribution in [2.75, 3.05) is 26.4 Å². The first kappa shape index (κ1) is 56.1. The van der Waals surface area contributed by atoms with Crippen molar-refractivity contribution in [3.8, 4) is 0 Å². The van der Waals surface area contributed by atoms with E-state index in [1.54, 1.807) is 4.72 Å². The summed E-state index contributed by atoms with van der Waals surface area (Å²) in [5, 5.41) is 108. The minimum absolute atomic E-state index is 0.0228. The van der Waals surface area contributed by atoms with Crippen LogP contribution in [0.1, 0.15) is 51.9 Å². The molecule has 0 bridgehead atoms. The van der Waals surface area contributed by atoms with Gasteiger partial charge in [0.1, 0.15) is 67.1 Å². The van der Waals surface area contributed by atoms with Crippen LogP contribution in [0.5, 0.6) is 0 Å². The van der Waals surface area contributed by atoms with Crippen LogP contribution in [-0.4, -0.2) is 238 Å². The summed E-state index contributed by atoms with van der Waals surface area (Å²) in [4.78, 5) is 36.2. The quantitative estimate of drug-likeness (QED) is 0.0316. The third kappa shape index (κ3) is 15.5. The summed E-state index contributed by atoms with van der Waals surface area (Å²) < 4.78 is 115. The zero-order valence-corrected chi connectivity index (χ0v) is 36.6. The Hall–Kier alpha value is -2.49. The standard InChI is InChI=1S/C34H58N2O28S2/c1-2-14-19(40)20(41)18(36-65(50,51)52)32(59-14)62-27-22(43)24(45)34(64-29(27)31(48)49)61-25-13(38)11-17(58-15(25)12-57-66(53,54)55)60-26-21(42)23(44)33(63-28(26)30(46)47)56-10-6-4-3-5-8-35-16(39)7-9-37/h13-15,17-29,32-34,36-38,40-45H,2-12H2,1H3,(H,35,39)(H,46,47)(H,48,49)(H,50,51,52)(H,53,54,55). The fraction of sp³-hybridized carbons (Fsp3) is 0.912. The van der Waals surface area contributed by atoms with Crippen molar-refractivity contribution in [1.82, 2.24) is 10.0 Å². The van der Waals surface area contributed by atoms with Crippen molar-refractivity contribution in [1.29, 1.82) is 0 Å². The summed E-state index contributed by atoms with van der Waals surface area (Å²) in [7, 11) is -10.4. The van der Waals surface area contributed by atoms with Crippen LogP contribution < -0.4 is 10.0 Å². The van der Waals surface area contributed by atoms with Crippen molar-refractivity contribution >= 4 is 38.5 Å². The highest BCUT2D eigenvalue weighted by atomic mass is 32.3. The molecule has 0 aliphatic carbocycles. The van der Waals surface area contributed by atoms with Gasteiger partial charge >= 0.3 is 32.6 Å². The summed E-state index contributed by atoms with van der Waals surface area (Å²) in [6.45, 7) is 0.266. The summed E-state index contributed by atoms with van der Waals surface area (Å²) in [5.74, 6) is -3.95. The molecule has 384 valence electrons. The molecule has 1 amide bonds. The minimum atomic E-state index is -5.28. The lowest BCUT2D eigenvalue weighted by molar-refractivity contribution is -0.367. The lowest BCUT2D eigenvalue weighted by Crippen LogP contribution is -2.68. The predicted molar refractivity (Wildman–Crippen MR) is 207 cm³/mol. The van der Waals surface area contributed by atoms with Crippen LogP contribution in [0.3, 0.4) is 0 Å². The molecule has 0 spiro atoms. The second-order valence-electron chi connectivity index (χ2n) is 15.6. The van der Waals surface area contributed by atoms with Gasteiger partial charge in [-0.3, -0.25) is 13.9 Å². The molecule has 4 aliphatic rings. The van der Waals surface area contributed by atoms with Crippen LogP contribution in [0.15, 0.2) is 0 Å². The van der Waals surface area contributed by atoms with Crippen LogP contribution in [-0.2, 0) is 77.2 Å². The van der Waals surface area contributed by atoms with E-state index in [-0.39, 0.29) is 32.0 Å². The van der Waals surface area contributed by atoms with E-state index in [4.69, 9.17) is 43.0 Å². The smallest absolute Gasteiger partial charge is 0.397 e. The van der Waals surface area contributed by atoms with Gasteiger partial charge in [0.25, 0.3) is 0 Å². The van der Waals surface area contributed by atoms with E-state index in [9.17, 15) is 86.3 Å². The summed E-state index contributed by atoms with van der Waals surface area (Å²) in [5.41, 5.74) is 0. The summed E-state index contributed by atoms with van der Waals surface area (Å²) in [6.07, 6.45) is -34.7. The first-order valence-electron chi connectivity index (χ1n) is 20.5. The van der Waals surface area contributed by atoms with Crippen molar-refractivity contribution in [3.63, 3.8) is 0 Å². The average molecular weight is 1010 g/mol. The number of carbonyl (C=O) groups excluding carboxylic acids is 1. The summed E-state index contributed by atoms with van der Waals surface area (Å²) in [6, 6.07) is -2.04. The maximum absolute atomic E-state index is 12.5. The van der Waals surface area contributed by atoms with E-state index in [0.29, 0.717) is 32.2 Å². The third-order valence-corrected chi connectivity index (χ3v) is 11.8. The number of rotatable bonds is 24. The molecule has 4 heterocycles. The molecule has 4 fully saturated rings. The zero-order valence-electron chi connectivity index (χ0n) is 35.0. The van der Waals surface area contributed by atoms with Crippen LogP contribution in [0.2, 0.25) is 0 Å². The molecule has 32 heteroatoms. The van der Waals surface area contributed by atoms with Crippen molar-refractivity contribution in [3.05, 3.63) is 0 Å². The van der Waals surface area contributed by atoms with Crippen molar-refractivity contribution in [2.24, 2.45) is 0 Å². The van der Waals surface area contributed by atoms with Gasteiger partial charge in [0.2, 0.25) is 5.91 Å². The largest absolute Gasteiger partial charge is 0.479 e. The molecule has 0 radical (unpaired) electrons. The molecule has 14 N–H and O–H groups in total. The first-order chi connectivity index (χ1) is 30.9. The average Bonchev–Trinajstić information content (AvgIpc) is 3.22. The molecule has 0 aromatic rings. The monoisotopic (exact) mass is 1010 g/mol. The third-order valence-electron chi connectivity index (χ3n) is 10.8. The number of aliphatic hydroxyl groups excluding tert-OH is 8. The number of ether oxygens (including phenoxy) is 8. The van der Waals surface area contributed by atoms with Gasteiger partial charge in [-0.25, -0.2) is 13.8 Å². The van der Waals surface area contributed by atoms with Gasteiger partial charge in [0.05, 0.1) is 25.4 Å². The molecule has 4 rings (SSSR count). The van der Waals surface area contributed by atoms with E-state index in [1.165, 1.54) is 6.92 Å². The SMILES string of the molecule is CCC1OC(OC2C(C(=O)O)OC(OC3C(O)CC(OC4C(C(=O)O)OC(OCCCCCCNC(=O)CCO)C(O)C4O)OC3COS(=O)(=O)O)C(O)C2O)C(NS(=O)(=O)O)C(O)C1O. The van der Waals surface area contributed by atoms with Crippen molar-refractivity contribution < 1.29 is 133 Å². The Morgan fingerprint density at radius 3 is 1.82 bits per heavy atom. The molecule has 0 saturated carbocycles. The number of carbonyl (C=O) groups is 3. The molecule has 30 nitrogen and oxygen atoms in total. The molecule has 66 heavy (non-hydrogen) atoms. The van der Waals surface area contributed by atoms with Crippen LogP contribution >= 0.6 is 0 Å². The van der Waals surface area contributed by atoms with E-state index >= 15 is 0 Å². The van der Waals surface area contributed by atoms with Gasteiger partial charge in [0.15, 0.2) is 37.4 Å². The number of carboxylic acid groups (broad SMARTS) is 2. The molecule has 19 unspecified atom stereocenters. The first-order valence-corrected chi connectivity index (χ1v) is 23.3. The number of nitrogens with one attached hydrogen (secondary N) is 2. The number of aliphatic carboxylic acids is 2. The van der Waals surface area contributed by atoms with Crippen molar-refractivity contribution in [2.45, 2.75) is 169 Å². The molecule has 4 saturated heterocycles. The van der Waals surface area contributed by atoms with E-state index in [0.717, 1.165) is 0 Å². The van der Waals surface area contributed by atoms with Crippen LogP contribution in [0, 0.1) is 0 Å². The second-order valence-corrected chi connectivity index (χ2v) is 17.8. The number of aliphatic hydroxyl groups is 8. The van der Waals surface area contributed by atoms with Gasteiger partial charge in [-0.2, -0.15) is 21.6 Å². The maximum Gasteiger partial charge on any atom is 0.397 e. The lowest BCUT2D eigenvalue weighted by atomic mass is 9.94.